The molecule has 0 aliphatic heterocycles. The minimum Gasteiger partial charge on any atom is -0.495 e. The molecule has 0 spiro atoms. The maximum Gasteiger partial charge on any atom is 0.142 e. The van der Waals surface area contributed by atoms with Crippen LogP contribution in [0.25, 0.3) is 0 Å². The Hall–Kier alpha value is -2.01. The van der Waals surface area contributed by atoms with Crippen LogP contribution < -0.4 is 10.1 Å². The Morgan fingerprint density at radius 1 is 1.25 bits per heavy atom. The molecule has 2 aromatic rings. The smallest absolute Gasteiger partial charge is 0.142 e. The van der Waals surface area contributed by atoms with Crippen LogP contribution >= 0.6 is 0 Å². The fourth-order valence-electron chi connectivity index (χ4n) is 2.11. The highest BCUT2D eigenvalue weighted by Gasteiger charge is 2.20. The lowest BCUT2D eigenvalue weighted by Gasteiger charge is -2.20. The Kier molecular flexibility index (Phi) is 4.63. The number of methoxy groups -OCH3 is 1. The van der Waals surface area contributed by atoms with Gasteiger partial charge in [0.15, 0.2) is 0 Å². The maximum absolute atomic E-state index is 13.4. The van der Waals surface area contributed by atoms with E-state index in [-0.39, 0.29) is 0 Å². The molecule has 106 valence electrons. The summed E-state index contributed by atoms with van der Waals surface area (Å²) in [5.41, 5.74) is 1.07. The zero-order valence-corrected chi connectivity index (χ0v) is 11.4. The fourth-order valence-corrected chi connectivity index (χ4v) is 2.11. The van der Waals surface area contributed by atoms with Gasteiger partial charge in [-0.15, -0.1) is 0 Å². The molecule has 0 aliphatic carbocycles. The second-order valence-electron chi connectivity index (χ2n) is 4.28. The Morgan fingerprint density at radius 2 is 1.95 bits per heavy atom. The molecule has 0 radical (unpaired) electrons. The number of nitrogens with zero attached hydrogens (tertiary/aromatic N) is 1. The molecule has 0 bridgehead atoms. The van der Waals surface area contributed by atoms with Crippen LogP contribution in [0.2, 0.25) is 0 Å². The van der Waals surface area contributed by atoms with Crippen LogP contribution in [0, 0.1) is 11.6 Å². The van der Waals surface area contributed by atoms with Crippen LogP contribution in [0.15, 0.2) is 36.5 Å². The van der Waals surface area contributed by atoms with Crippen LogP contribution in [0.1, 0.15) is 24.2 Å². The minimum atomic E-state index is -0.613. The van der Waals surface area contributed by atoms with E-state index in [0.717, 1.165) is 6.07 Å². The number of halogens is 2. The summed E-state index contributed by atoms with van der Waals surface area (Å²) >= 11 is 0. The minimum absolute atomic E-state index is 0.429. The molecule has 2 rings (SSSR count). The van der Waals surface area contributed by atoms with E-state index >= 15 is 0 Å². The molecule has 0 amide bonds. The molecule has 1 atom stereocenters. The van der Waals surface area contributed by atoms with E-state index in [1.165, 1.54) is 19.2 Å². The highest BCUT2D eigenvalue weighted by Crippen LogP contribution is 2.28. The van der Waals surface area contributed by atoms with Crippen molar-refractivity contribution in [2.45, 2.75) is 13.0 Å². The molecule has 1 heterocycles. The number of hydrogen-bond donors (Lipinski definition) is 1. The molecule has 1 aromatic carbocycles. The standard InChI is InChI=1S/C15H16F2N2O/c1-3-18-14(10-7-11(16)9-12(17)8-10)15-13(20-2)5-4-6-19-15/h4-9,14,18H,3H2,1-2H3. The van der Waals surface area contributed by atoms with Gasteiger partial charge in [0.1, 0.15) is 23.1 Å². The number of rotatable bonds is 5. The van der Waals surface area contributed by atoms with Gasteiger partial charge in [0.25, 0.3) is 0 Å². The topological polar surface area (TPSA) is 34.2 Å². The van der Waals surface area contributed by atoms with Crippen molar-refractivity contribution in [2.75, 3.05) is 13.7 Å². The summed E-state index contributed by atoms with van der Waals surface area (Å²) in [5.74, 6) is -0.654. The maximum atomic E-state index is 13.4. The van der Waals surface area contributed by atoms with E-state index in [9.17, 15) is 8.78 Å². The van der Waals surface area contributed by atoms with E-state index in [2.05, 4.69) is 10.3 Å². The molecule has 0 aliphatic rings. The van der Waals surface area contributed by atoms with Gasteiger partial charge in [-0.25, -0.2) is 8.78 Å². The summed E-state index contributed by atoms with van der Waals surface area (Å²) < 4.78 is 32.1. The van der Waals surface area contributed by atoms with Crippen LogP contribution in [0.3, 0.4) is 0 Å². The molecule has 5 heteroatoms. The Labute approximate surface area is 116 Å². The summed E-state index contributed by atoms with van der Waals surface area (Å²) in [6, 6.07) is 6.53. The second-order valence-corrected chi connectivity index (χ2v) is 4.28. The molecule has 0 saturated heterocycles. The number of pyridine rings is 1. The third-order valence-electron chi connectivity index (χ3n) is 2.92. The Balaban J connectivity index is 2.50. The largest absolute Gasteiger partial charge is 0.495 e. The van der Waals surface area contributed by atoms with Gasteiger partial charge in [-0.3, -0.25) is 4.98 Å². The number of nitrogens with one attached hydrogen (secondary N) is 1. The summed E-state index contributed by atoms with van der Waals surface area (Å²) in [4.78, 5) is 4.27. The average molecular weight is 278 g/mol. The van der Waals surface area contributed by atoms with Gasteiger partial charge in [0.05, 0.1) is 13.2 Å². The molecule has 1 unspecified atom stereocenters. The van der Waals surface area contributed by atoms with Gasteiger partial charge in [0.2, 0.25) is 0 Å². The monoisotopic (exact) mass is 278 g/mol. The third kappa shape index (κ3) is 3.11. The first-order valence-electron chi connectivity index (χ1n) is 6.34. The molecule has 0 saturated carbocycles. The van der Waals surface area contributed by atoms with Gasteiger partial charge in [0, 0.05) is 12.3 Å². The van der Waals surface area contributed by atoms with Crippen LogP contribution in [-0.4, -0.2) is 18.6 Å². The van der Waals surface area contributed by atoms with Crippen molar-refractivity contribution in [3.8, 4) is 5.75 Å². The van der Waals surface area contributed by atoms with Gasteiger partial charge >= 0.3 is 0 Å². The zero-order valence-electron chi connectivity index (χ0n) is 11.4. The summed E-state index contributed by atoms with van der Waals surface area (Å²) in [6.07, 6.45) is 1.62. The lowest BCUT2D eigenvalue weighted by atomic mass is 10.0. The van der Waals surface area contributed by atoms with Crippen molar-refractivity contribution in [3.63, 3.8) is 0 Å². The Bertz CT molecular complexity index is 570. The average Bonchev–Trinajstić information content (AvgIpc) is 2.43. The molecule has 0 fully saturated rings. The number of hydrogen-bond acceptors (Lipinski definition) is 3. The fraction of sp³-hybridized carbons (Fsp3) is 0.267. The van der Waals surface area contributed by atoms with Gasteiger partial charge in [-0.2, -0.15) is 0 Å². The van der Waals surface area contributed by atoms with E-state index in [0.29, 0.717) is 23.6 Å². The van der Waals surface area contributed by atoms with Crippen LogP contribution in [0.4, 0.5) is 8.78 Å². The predicted octanol–water partition coefficient (Wildman–Crippen LogP) is 3.07. The van der Waals surface area contributed by atoms with E-state index in [4.69, 9.17) is 4.74 Å². The highest BCUT2D eigenvalue weighted by molar-refractivity contribution is 5.37. The lowest BCUT2D eigenvalue weighted by Crippen LogP contribution is -2.23. The quantitative estimate of drug-likeness (QED) is 0.912. The number of aromatic nitrogens is 1. The third-order valence-corrected chi connectivity index (χ3v) is 2.92. The van der Waals surface area contributed by atoms with E-state index in [1.54, 1.807) is 18.3 Å². The van der Waals surface area contributed by atoms with Crippen LogP contribution in [0.5, 0.6) is 5.75 Å². The van der Waals surface area contributed by atoms with Crippen LogP contribution in [-0.2, 0) is 0 Å². The van der Waals surface area contributed by atoms with Crippen molar-refractivity contribution in [1.29, 1.82) is 0 Å². The predicted molar refractivity (Wildman–Crippen MR) is 72.7 cm³/mol. The second kappa shape index (κ2) is 6.43. The number of ether oxygens (including phenoxy) is 1. The summed E-state index contributed by atoms with van der Waals surface area (Å²) in [6.45, 7) is 2.54. The first-order valence-corrected chi connectivity index (χ1v) is 6.34. The van der Waals surface area contributed by atoms with Gasteiger partial charge in [-0.05, 0) is 36.4 Å². The van der Waals surface area contributed by atoms with Gasteiger partial charge in [-0.1, -0.05) is 6.92 Å². The first-order chi connectivity index (χ1) is 9.65. The van der Waals surface area contributed by atoms with E-state index in [1.807, 2.05) is 6.92 Å². The highest BCUT2D eigenvalue weighted by atomic mass is 19.1. The lowest BCUT2D eigenvalue weighted by molar-refractivity contribution is 0.400. The molecular weight excluding hydrogens is 262 g/mol. The normalized spacial score (nSPS) is 12.2. The summed E-state index contributed by atoms with van der Waals surface area (Å²) in [5, 5.41) is 3.17. The first kappa shape index (κ1) is 14.4. The Morgan fingerprint density at radius 3 is 2.55 bits per heavy atom. The van der Waals surface area contributed by atoms with E-state index < -0.39 is 17.7 Å². The van der Waals surface area contributed by atoms with Gasteiger partial charge < -0.3 is 10.1 Å². The number of benzene rings is 1. The molecule has 1 N–H and O–H groups in total. The summed E-state index contributed by atoms with van der Waals surface area (Å²) in [7, 11) is 1.54. The molecule has 3 nitrogen and oxygen atoms in total. The molecule has 20 heavy (non-hydrogen) atoms. The van der Waals surface area contributed by atoms with Crippen molar-refractivity contribution in [3.05, 3.63) is 59.4 Å². The van der Waals surface area contributed by atoms with Crippen molar-refractivity contribution < 1.29 is 13.5 Å². The zero-order chi connectivity index (χ0) is 14.5. The molecular formula is C15H16F2N2O. The van der Waals surface area contributed by atoms with Crippen molar-refractivity contribution in [2.24, 2.45) is 0 Å². The SMILES string of the molecule is CCNC(c1cc(F)cc(F)c1)c1ncccc1OC. The van der Waals surface area contributed by atoms with Crippen molar-refractivity contribution >= 4 is 0 Å². The van der Waals surface area contributed by atoms with Crippen molar-refractivity contribution in [1.82, 2.24) is 10.3 Å². The molecule has 1 aromatic heterocycles.